The Morgan fingerprint density at radius 2 is 0.930 bits per heavy atom. The zero-order chi connectivity index (χ0) is 41.8. The highest BCUT2D eigenvalue weighted by molar-refractivity contribution is 7.47. The van der Waals surface area contributed by atoms with Crippen LogP contribution in [0.2, 0.25) is 0 Å². The second-order valence-corrected chi connectivity index (χ2v) is 17.4. The number of carbonyl (C=O) groups excluding carboxylic acids is 2. The molecule has 0 heterocycles. The molecule has 0 aliphatic rings. The minimum absolute atomic E-state index is 0.0491. The number of carbonyl (C=O) groups is 2. The van der Waals surface area contributed by atoms with Crippen molar-refractivity contribution in [1.82, 2.24) is 0 Å². The molecular formula is C47H90NO8P. The molecule has 10 heteroatoms. The monoisotopic (exact) mass is 828 g/mol. The van der Waals surface area contributed by atoms with Crippen LogP contribution >= 0.6 is 7.82 Å². The molecule has 0 radical (unpaired) electrons. The Bertz CT molecular complexity index is 990. The third kappa shape index (κ3) is 43.9. The Kier molecular flexibility index (Phi) is 42.9. The fourth-order valence-electron chi connectivity index (χ4n) is 6.79. The molecule has 0 aliphatic carbocycles. The largest absolute Gasteiger partial charge is 0.472 e. The number of allylic oxidation sites excluding steroid dienone is 4. The lowest BCUT2D eigenvalue weighted by molar-refractivity contribution is -0.161. The summed E-state index contributed by atoms with van der Waals surface area (Å²) in [7, 11) is -4.39. The number of ether oxygens (including phenoxy) is 2. The normalized spacial score (nSPS) is 13.4. The van der Waals surface area contributed by atoms with Crippen molar-refractivity contribution < 1.29 is 37.6 Å². The van der Waals surface area contributed by atoms with Crippen molar-refractivity contribution in [2.24, 2.45) is 5.73 Å². The maximum absolute atomic E-state index is 12.6. The van der Waals surface area contributed by atoms with Crippen LogP contribution in [0.1, 0.15) is 232 Å². The van der Waals surface area contributed by atoms with Crippen molar-refractivity contribution in [3.63, 3.8) is 0 Å². The number of esters is 2. The summed E-state index contributed by atoms with van der Waals surface area (Å²) >= 11 is 0. The summed E-state index contributed by atoms with van der Waals surface area (Å²) in [6.07, 6.45) is 47.9. The van der Waals surface area contributed by atoms with Crippen molar-refractivity contribution in [2.45, 2.75) is 238 Å². The summed E-state index contributed by atoms with van der Waals surface area (Å²) in [6.45, 7) is 3.72. The van der Waals surface area contributed by atoms with Crippen LogP contribution in [0.3, 0.4) is 0 Å². The molecule has 9 nitrogen and oxygen atoms in total. The number of hydrogen-bond donors (Lipinski definition) is 2. The molecule has 3 N–H and O–H groups in total. The average molecular weight is 828 g/mol. The van der Waals surface area contributed by atoms with Gasteiger partial charge in [0.1, 0.15) is 6.61 Å². The average Bonchev–Trinajstić information content (AvgIpc) is 3.20. The Morgan fingerprint density at radius 1 is 0.526 bits per heavy atom. The quantitative estimate of drug-likeness (QED) is 0.0266. The minimum atomic E-state index is -4.39. The molecule has 0 amide bonds. The lowest BCUT2D eigenvalue weighted by atomic mass is 10.0. The SMILES string of the molecule is CCCCCCCCCCC/C=C/C/C=C/CCCC(=O)O[C@H](COC(=O)CCCCCCCCCCCCCCCCCCCCC)COP(=O)(O)OCCN. The van der Waals surface area contributed by atoms with Gasteiger partial charge < -0.3 is 20.1 Å². The lowest BCUT2D eigenvalue weighted by Crippen LogP contribution is -2.29. The molecule has 0 aromatic rings. The molecule has 336 valence electrons. The van der Waals surface area contributed by atoms with Crippen molar-refractivity contribution in [3.8, 4) is 0 Å². The van der Waals surface area contributed by atoms with Gasteiger partial charge >= 0.3 is 19.8 Å². The van der Waals surface area contributed by atoms with Gasteiger partial charge in [0, 0.05) is 19.4 Å². The van der Waals surface area contributed by atoms with E-state index in [2.05, 4.69) is 38.2 Å². The lowest BCUT2D eigenvalue weighted by Gasteiger charge is -2.19. The van der Waals surface area contributed by atoms with Crippen molar-refractivity contribution in [3.05, 3.63) is 24.3 Å². The van der Waals surface area contributed by atoms with Gasteiger partial charge in [-0.1, -0.05) is 205 Å². The molecular weight excluding hydrogens is 737 g/mol. The zero-order valence-corrected chi connectivity index (χ0v) is 38.0. The first-order valence-electron chi connectivity index (χ1n) is 23.8. The summed E-state index contributed by atoms with van der Waals surface area (Å²) in [6, 6.07) is 0. The third-order valence-corrected chi connectivity index (χ3v) is 11.3. The van der Waals surface area contributed by atoms with E-state index in [1.807, 2.05) is 0 Å². The van der Waals surface area contributed by atoms with Crippen LogP contribution in [-0.2, 0) is 32.7 Å². The first-order valence-corrected chi connectivity index (χ1v) is 25.3. The molecule has 0 spiro atoms. The van der Waals surface area contributed by atoms with Gasteiger partial charge in [0.2, 0.25) is 0 Å². The van der Waals surface area contributed by atoms with Crippen LogP contribution in [0, 0.1) is 0 Å². The first-order chi connectivity index (χ1) is 27.8. The zero-order valence-electron chi connectivity index (χ0n) is 37.1. The first kappa shape index (κ1) is 55.5. The number of phosphoric acid groups is 1. The predicted molar refractivity (Wildman–Crippen MR) is 238 cm³/mol. The highest BCUT2D eigenvalue weighted by Gasteiger charge is 2.26. The van der Waals surface area contributed by atoms with Crippen LogP contribution in [0.5, 0.6) is 0 Å². The number of hydrogen-bond acceptors (Lipinski definition) is 8. The van der Waals surface area contributed by atoms with E-state index in [1.165, 1.54) is 161 Å². The van der Waals surface area contributed by atoms with E-state index in [0.29, 0.717) is 6.42 Å². The van der Waals surface area contributed by atoms with E-state index in [9.17, 15) is 19.0 Å². The van der Waals surface area contributed by atoms with Crippen molar-refractivity contribution in [2.75, 3.05) is 26.4 Å². The molecule has 0 rings (SSSR count). The molecule has 57 heavy (non-hydrogen) atoms. The maximum Gasteiger partial charge on any atom is 0.472 e. The predicted octanol–water partition coefficient (Wildman–Crippen LogP) is 13.9. The third-order valence-electron chi connectivity index (χ3n) is 10.3. The minimum Gasteiger partial charge on any atom is -0.462 e. The van der Waals surface area contributed by atoms with Crippen molar-refractivity contribution in [1.29, 1.82) is 0 Å². The fraction of sp³-hybridized carbons (Fsp3) is 0.872. The summed E-state index contributed by atoms with van der Waals surface area (Å²) in [5, 5.41) is 0. The summed E-state index contributed by atoms with van der Waals surface area (Å²) in [5.41, 5.74) is 5.35. The highest BCUT2D eigenvalue weighted by Crippen LogP contribution is 2.43. The molecule has 0 bridgehead atoms. The van der Waals surface area contributed by atoms with Gasteiger partial charge in [0.25, 0.3) is 0 Å². The summed E-state index contributed by atoms with van der Waals surface area (Å²) in [5.74, 6) is -0.870. The molecule has 0 saturated carbocycles. The topological polar surface area (TPSA) is 134 Å². The number of nitrogens with two attached hydrogens (primary N) is 1. The molecule has 0 aromatic heterocycles. The van der Waals surface area contributed by atoms with Gasteiger partial charge in [-0.2, -0.15) is 0 Å². The fourth-order valence-corrected chi connectivity index (χ4v) is 7.56. The number of unbranched alkanes of at least 4 members (excludes halogenated alkanes) is 28. The Balaban J connectivity index is 4.12. The molecule has 0 aliphatic heterocycles. The van der Waals surface area contributed by atoms with Crippen LogP contribution < -0.4 is 5.73 Å². The van der Waals surface area contributed by atoms with Gasteiger partial charge in [0.15, 0.2) is 6.10 Å². The second kappa shape index (κ2) is 44.1. The number of phosphoric ester groups is 1. The van der Waals surface area contributed by atoms with Gasteiger partial charge in [-0.25, -0.2) is 4.57 Å². The molecule has 1 unspecified atom stereocenters. The Labute approximate surface area is 351 Å². The van der Waals surface area contributed by atoms with E-state index >= 15 is 0 Å². The number of rotatable bonds is 45. The highest BCUT2D eigenvalue weighted by atomic mass is 31.2. The maximum atomic E-state index is 12.6. The van der Waals surface area contributed by atoms with Crippen LogP contribution in [-0.4, -0.2) is 49.3 Å². The van der Waals surface area contributed by atoms with Crippen LogP contribution in [0.25, 0.3) is 0 Å². The van der Waals surface area contributed by atoms with E-state index in [-0.39, 0.29) is 38.6 Å². The van der Waals surface area contributed by atoms with E-state index in [0.717, 1.165) is 38.5 Å². The van der Waals surface area contributed by atoms with E-state index < -0.39 is 26.5 Å². The van der Waals surface area contributed by atoms with Crippen molar-refractivity contribution >= 4 is 19.8 Å². The van der Waals surface area contributed by atoms with Crippen LogP contribution in [0.15, 0.2) is 24.3 Å². The second-order valence-electron chi connectivity index (χ2n) is 16.0. The van der Waals surface area contributed by atoms with Gasteiger partial charge in [0.05, 0.1) is 13.2 Å². The Hall–Kier alpha value is -1.51. The Morgan fingerprint density at radius 3 is 1.39 bits per heavy atom. The van der Waals surface area contributed by atoms with Gasteiger partial charge in [-0.15, -0.1) is 0 Å². The van der Waals surface area contributed by atoms with E-state index in [1.54, 1.807) is 0 Å². The summed E-state index contributed by atoms with van der Waals surface area (Å²) < 4.78 is 32.8. The summed E-state index contributed by atoms with van der Waals surface area (Å²) in [4.78, 5) is 34.9. The smallest absolute Gasteiger partial charge is 0.462 e. The standard InChI is InChI=1S/C47H90NO8P/c1-3-5-7-9-11-13-15-17-19-21-22-24-25-27-29-31-33-35-37-39-46(49)53-43-45(44-55-57(51,52)54-42-41-48)56-47(50)40-38-36-34-32-30-28-26-23-20-18-16-14-12-10-8-6-4-2/h26,28,32,34,45H,3-25,27,29-31,33,35-44,48H2,1-2H3,(H,51,52)/b28-26+,34-32+/t45-/m1/s1. The van der Waals surface area contributed by atoms with Gasteiger partial charge in [-0.05, 0) is 38.5 Å². The molecule has 0 saturated heterocycles. The van der Waals surface area contributed by atoms with Gasteiger partial charge in [-0.3, -0.25) is 18.6 Å². The molecule has 0 fully saturated rings. The van der Waals surface area contributed by atoms with E-state index in [4.69, 9.17) is 24.3 Å². The molecule has 2 atom stereocenters. The molecule has 0 aromatic carbocycles. The van der Waals surface area contributed by atoms with Crippen LogP contribution in [0.4, 0.5) is 0 Å².